The zero-order valence-electron chi connectivity index (χ0n) is 20.8. The monoisotopic (exact) mass is 502 g/mol. The first kappa shape index (κ1) is 25.1. The van der Waals surface area contributed by atoms with Crippen LogP contribution in [0.1, 0.15) is 27.6 Å². The Morgan fingerprint density at radius 3 is 2.46 bits per heavy atom. The van der Waals surface area contributed by atoms with Crippen molar-refractivity contribution >= 4 is 34.9 Å². The van der Waals surface area contributed by atoms with E-state index in [1.54, 1.807) is 57.3 Å². The van der Waals surface area contributed by atoms with Gasteiger partial charge < -0.3 is 25.4 Å². The van der Waals surface area contributed by atoms with Gasteiger partial charge in [0.05, 0.1) is 41.8 Å². The van der Waals surface area contributed by atoms with Crippen LogP contribution in [0.3, 0.4) is 0 Å². The van der Waals surface area contributed by atoms with Crippen LogP contribution in [0.25, 0.3) is 11.4 Å². The summed E-state index contributed by atoms with van der Waals surface area (Å²) in [6.07, 6.45) is 4.47. The van der Waals surface area contributed by atoms with Gasteiger partial charge in [-0.3, -0.25) is 9.48 Å². The lowest BCUT2D eigenvalue weighted by molar-refractivity contribution is 0.0525. The maximum absolute atomic E-state index is 12.6. The Morgan fingerprint density at radius 2 is 1.81 bits per heavy atom. The van der Waals surface area contributed by atoms with Gasteiger partial charge in [0.1, 0.15) is 18.0 Å². The van der Waals surface area contributed by atoms with E-state index >= 15 is 0 Å². The van der Waals surface area contributed by atoms with Crippen LogP contribution in [-0.4, -0.2) is 57.4 Å². The summed E-state index contributed by atoms with van der Waals surface area (Å²) >= 11 is 0. The standard InChI is InChI=1S/C25H26N8O4/c1-5-37-25(35)15-9-10-20(27-12-15)31-21-11-19(17(13-28-21)24(34)26-2)30-18-8-6-7-16(22(18)36-4)23-29-14-33(3)32-23/h6-14H,5H2,1-4H3,(H,26,34)(H2,27,28,30,31). The van der Waals surface area contributed by atoms with Crippen molar-refractivity contribution in [2.75, 3.05) is 31.4 Å². The van der Waals surface area contributed by atoms with E-state index in [0.29, 0.717) is 51.3 Å². The molecule has 37 heavy (non-hydrogen) atoms. The van der Waals surface area contributed by atoms with Crippen LogP contribution in [0.5, 0.6) is 5.75 Å². The summed E-state index contributed by atoms with van der Waals surface area (Å²) in [4.78, 5) is 37.4. The number of aromatic nitrogens is 5. The summed E-state index contributed by atoms with van der Waals surface area (Å²) < 4.78 is 12.3. The Kier molecular flexibility index (Phi) is 7.57. The molecule has 0 spiro atoms. The van der Waals surface area contributed by atoms with E-state index in [1.807, 2.05) is 18.2 Å². The molecule has 4 rings (SSSR count). The van der Waals surface area contributed by atoms with Gasteiger partial charge in [0.25, 0.3) is 5.91 Å². The minimum Gasteiger partial charge on any atom is -0.494 e. The Balaban J connectivity index is 1.66. The molecule has 3 N–H and O–H groups in total. The van der Waals surface area contributed by atoms with Crippen LogP contribution >= 0.6 is 0 Å². The molecule has 1 aromatic carbocycles. The Bertz CT molecular complexity index is 1420. The van der Waals surface area contributed by atoms with E-state index < -0.39 is 5.97 Å². The summed E-state index contributed by atoms with van der Waals surface area (Å²) in [5, 5.41) is 13.3. The number of amides is 1. The molecule has 12 heteroatoms. The molecule has 0 aliphatic heterocycles. The number of carbonyl (C=O) groups excluding carboxylic acids is 2. The number of hydrogen-bond donors (Lipinski definition) is 3. The number of pyridine rings is 2. The largest absolute Gasteiger partial charge is 0.494 e. The molecule has 0 fully saturated rings. The second kappa shape index (κ2) is 11.2. The molecule has 0 unspecified atom stereocenters. The van der Waals surface area contributed by atoms with Crippen LogP contribution in [0.15, 0.2) is 55.1 Å². The van der Waals surface area contributed by atoms with Crippen molar-refractivity contribution in [2.24, 2.45) is 7.05 Å². The average Bonchev–Trinajstić information content (AvgIpc) is 3.35. The van der Waals surface area contributed by atoms with Gasteiger partial charge in [-0.1, -0.05) is 6.07 Å². The molecule has 0 atom stereocenters. The Labute approximate surface area is 213 Å². The van der Waals surface area contributed by atoms with Crippen molar-refractivity contribution in [1.82, 2.24) is 30.0 Å². The number of ether oxygens (including phenoxy) is 2. The number of anilines is 4. The average molecular weight is 503 g/mol. The van der Waals surface area contributed by atoms with Crippen LogP contribution in [0, 0.1) is 0 Å². The molecule has 0 aliphatic carbocycles. The fourth-order valence-electron chi connectivity index (χ4n) is 3.52. The van der Waals surface area contributed by atoms with Gasteiger partial charge in [0.2, 0.25) is 0 Å². The van der Waals surface area contributed by atoms with Gasteiger partial charge in [-0.05, 0) is 31.2 Å². The van der Waals surface area contributed by atoms with Gasteiger partial charge in [0.15, 0.2) is 11.6 Å². The van der Waals surface area contributed by atoms with Gasteiger partial charge in [0, 0.05) is 32.6 Å². The molecule has 1 amide bonds. The molecule has 12 nitrogen and oxygen atoms in total. The van der Waals surface area contributed by atoms with E-state index in [0.717, 1.165) is 0 Å². The third-order valence-corrected chi connectivity index (χ3v) is 5.24. The highest BCUT2D eigenvalue weighted by molar-refractivity contribution is 6.00. The van der Waals surface area contributed by atoms with Crippen molar-refractivity contribution < 1.29 is 19.1 Å². The summed E-state index contributed by atoms with van der Waals surface area (Å²) in [5.41, 5.74) is 2.43. The normalized spacial score (nSPS) is 10.5. The molecule has 0 aliphatic rings. The van der Waals surface area contributed by atoms with E-state index in [-0.39, 0.29) is 12.5 Å². The second-order valence-electron chi connectivity index (χ2n) is 7.73. The number of hydrogen-bond acceptors (Lipinski definition) is 10. The number of esters is 1. The number of nitrogens with one attached hydrogen (secondary N) is 3. The van der Waals surface area contributed by atoms with Crippen LogP contribution in [0.2, 0.25) is 0 Å². The fourth-order valence-corrected chi connectivity index (χ4v) is 3.52. The maximum Gasteiger partial charge on any atom is 0.339 e. The first-order valence-electron chi connectivity index (χ1n) is 11.4. The topological polar surface area (TPSA) is 145 Å². The summed E-state index contributed by atoms with van der Waals surface area (Å²) in [5.74, 6) is 1.13. The molecule has 190 valence electrons. The molecule has 0 saturated heterocycles. The smallest absolute Gasteiger partial charge is 0.339 e. The highest BCUT2D eigenvalue weighted by Gasteiger charge is 2.18. The zero-order chi connectivity index (χ0) is 26.4. The molecular weight excluding hydrogens is 476 g/mol. The summed E-state index contributed by atoms with van der Waals surface area (Å²) in [6.45, 7) is 2.02. The van der Waals surface area contributed by atoms with Crippen molar-refractivity contribution in [3.05, 3.63) is 66.2 Å². The maximum atomic E-state index is 12.6. The number of para-hydroxylation sites is 1. The minimum atomic E-state index is -0.446. The number of carbonyl (C=O) groups is 2. The van der Waals surface area contributed by atoms with E-state index in [4.69, 9.17) is 9.47 Å². The summed E-state index contributed by atoms with van der Waals surface area (Å²) in [6, 6.07) is 10.4. The molecule has 3 heterocycles. The highest BCUT2D eigenvalue weighted by atomic mass is 16.5. The van der Waals surface area contributed by atoms with Crippen molar-refractivity contribution in [3.8, 4) is 17.1 Å². The van der Waals surface area contributed by atoms with Gasteiger partial charge in [-0.15, -0.1) is 0 Å². The number of nitrogens with zero attached hydrogens (tertiary/aromatic N) is 5. The quantitative estimate of drug-likeness (QED) is 0.291. The molecule has 4 aromatic rings. The third kappa shape index (κ3) is 5.64. The van der Waals surface area contributed by atoms with Crippen molar-refractivity contribution in [3.63, 3.8) is 0 Å². The lowest BCUT2D eigenvalue weighted by Crippen LogP contribution is -2.19. The molecular formula is C25H26N8O4. The van der Waals surface area contributed by atoms with Crippen LogP contribution < -0.4 is 20.7 Å². The van der Waals surface area contributed by atoms with Gasteiger partial charge in [-0.25, -0.2) is 19.7 Å². The lowest BCUT2D eigenvalue weighted by atomic mass is 10.1. The van der Waals surface area contributed by atoms with E-state index in [9.17, 15) is 9.59 Å². The van der Waals surface area contributed by atoms with Crippen LogP contribution in [0.4, 0.5) is 23.0 Å². The van der Waals surface area contributed by atoms with Gasteiger partial charge in [-0.2, -0.15) is 5.10 Å². The molecule has 0 saturated carbocycles. The fraction of sp³-hybridized carbons (Fsp3) is 0.200. The number of methoxy groups -OCH3 is 1. The summed E-state index contributed by atoms with van der Waals surface area (Å²) in [7, 11) is 4.88. The van der Waals surface area contributed by atoms with Crippen molar-refractivity contribution in [1.29, 1.82) is 0 Å². The second-order valence-corrected chi connectivity index (χ2v) is 7.73. The van der Waals surface area contributed by atoms with Crippen LogP contribution in [-0.2, 0) is 11.8 Å². The number of rotatable bonds is 9. The number of aryl methyl sites for hydroxylation is 1. The first-order valence-corrected chi connectivity index (χ1v) is 11.4. The van der Waals surface area contributed by atoms with Crippen molar-refractivity contribution in [2.45, 2.75) is 6.92 Å². The Morgan fingerprint density at radius 1 is 1.00 bits per heavy atom. The minimum absolute atomic E-state index is 0.280. The highest BCUT2D eigenvalue weighted by Crippen LogP contribution is 2.37. The molecule has 3 aromatic heterocycles. The predicted octanol–water partition coefficient (Wildman–Crippen LogP) is 3.30. The SMILES string of the molecule is CCOC(=O)c1ccc(Nc2cc(Nc3cccc(-c4ncn(C)n4)c3OC)c(C(=O)NC)cn2)nc1. The van der Waals surface area contributed by atoms with E-state index in [1.165, 1.54) is 12.4 Å². The van der Waals surface area contributed by atoms with Gasteiger partial charge >= 0.3 is 5.97 Å². The lowest BCUT2D eigenvalue weighted by Gasteiger charge is -2.17. The Hall–Kier alpha value is -5.00. The number of benzene rings is 1. The predicted molar refractivity (Wildman–Crippen MR) is 137 cm³/mol. The molecule has 0 radical (unpaired) electrons. The molecule has 0 bridgehead atoms. The zero-order valence-corrected chi connectivity index (χ0v) is 20.8. The first-order chi connectivity index (χ1) is 17.9. The third-order valence-electron chi connectivity index (χ3n) is 5.24. The van der Waals surface area contributed by atoms with E-state index in [2.05, 4.69) is 36.0 Å².